The summed E-state index contributed by atoms with van der Waals surface area (Å²) < 4.78 is 5.79. The van der Waals surface area contributed by atoms with Crippen molar-refractivity contribution in [3.8, 4) is 5.88 Å². The number of hydrogen-bond donors (Lipinski definition) is 1. The summed E-state index contributed by atoms with van der Waals surface area (Å²) in [4.78, 5) is 30.7. The first-order chi connectivity index (χ1) is 12.1. The second-order valence-corrected chi connectivity index (χ2v) is 7.47. The van der Waals surface area contributed by atoms with Crippen molar-refractivity contribution in [2.45, 2.75) is 69.6 Å². The van der Waals surface area contributed by atoms with Gasteiger partial charge in [0.05, 0.1) is 0 Å². The molecule has 4 rings (SSSR count). The molecule has 1 aromatic heterocycles. The van der Waals surface area contributed by atoms with Gasteiger partial charge in [0.1, 0.15) is 12.1 Å². The zero-order valence-electron chi connectivity index (χ0n) is 14.3. The molecule has 134 valence electrons. The molecule has 0 aromatic carbocycles. The van der Waals surface area contributed by atoms with Crippen LogP contribution in [0.15, 0.2) is 18.3 Å². The zero-order chi connectivity index (χ0) is 17.4. The second kappa shape index (κ2) is 6.65. The van der Waals surface area contributed by atoms with Crippen molar-refractivity contribution in [2.24, 2.45) is 5.92 Å². The molecule has 1 aliphatic heterocycles. The predicted octanol–water partition coefficient (Wildman–Crippen LogP) is 2.87. The van der Waals surface area contributed by atoms with Gasteiger partial charge in [0.2, 0.25) is 5.88 Å². The number of likely N-dealkylation sites (tertiary alicyclic amines) is 1. The van der Waals surface area contributed by atoms with Gasteiger partial charge in [-0.3, -0.25) is 4.79 Å². The lowest BCUT2D eigenvalue weighted by molar-refractivity contribution is -0.141. The number of carbonyl (C=O) groups is 2. The van der Waals surface area contributed by atoms with Crippen molar-refractivity contribution in [3.63, 3.8) is 0 Å². The van der Waals surface area contributed by atoms with Crippen LogP contribution in [0.2, 0.25) is 0 Å². The normalized spacial score (nSPS) is 29.0. The number of amides is 1. The van der Waals surface area contributed by atoms with Gasteiger partial charge in [0, 0.05) is 23.9 Å². The van der Waals surface area contributed by atoms with E-state index in [9.17, 15) is 14.7 Å². The van der Waals surface area contributed by atoms with E-state index in [0.717, 1.165) is 38.5 Å². The Morgan fingerprint density at radius 3 is 2.68 bits per heavy atom. The van der Waals surface area contributed by atoms with Gasteiger partial charge in [0.15, 0.2) is 0 Å². The summed E-state index contributed by atoms with van der Waals surface area (Å²) >= 11 is 0. The van der Waals surface area contributed by atoms with E-state index < -0.39 is 12.0 Å². The third-order valence-electron chi connectivity index (χ3n) is 5.93. The summed E-state index contributed by atoms with van der Waals surface area (Å²) in [7, 11) is 0. The largest absolute Gasteiger partial charge is 0.480 e. The molecule has 25 heavy (non-hydrogen) atoms. The van der Waals surface area contributed by atoms with E-state index >= 15 is 0 Å². The number of aliphatic carboxylic acids is 1. The van der Waals surface area contributed by atoms with E-state index in [1.165, 1.54) is 6.42 Å². The molecule has 6 heteroatoms. The molecule has 1 N–H and O–H groups in total. The molecular formula is C19H24N2O4. The summed E-state index contributed by atoms with van der Waals surface area (Å²) in [5.41, 5.74) is 0.474. The third-order valence-corrected chi connectivity index (χ3v) is 5.93. The molecule has 1 amide bonds. The molecule has 1 aromatic rings. The van der Waals surface area contributed by atoms with Crippen LogP contribution in [0.3, 0.4) is 0 Å². The first-order valence-electron chi connectivity index (χ1n) is 9.31. The van der Waals surface area contributed by atoms with E-state index in [1.54, 1.807) is 23.2 Å². The predicted molar refractivity (Wildman–Crippen MR) is 90.5 cm³/mol. The van der Waals surface area contributed by atoms with Crippen molar-refractivity contribution < 1.29 is 19.4 Å². The van der Waals surface area contributed by atoms with Crippen LogP contribution < -0.4 is 4.74 Å². The summed E-state index contributed by atoms with van der Waals surface area (Å²) in [6.07, 6.45) is 9.66. The maximum Gasteiger partial charge on any atom is 0.326 e. The van der Waals surface area contributed by atoms with Crippen molar-refractivity contribution in [1.82, 2.24) is 9.88 Å². The highest BCUT2D eigenvalue weighted by atomic mass is 16.5. The fraction of sp³-hybridized carbons (Fsp3) is 0.632. The molecule has 0 radical (unpaired) electrons. The Balaban J connectivity index is 1.57. The molecular weight excluding hydrogens is 320 g/mol. The van der Waals surface area contributed by atoms with Gasteiger partial charge in [0.25, 0.3) is 5.91 Å². The third kappa shape index (κ3) is 3.10. The van der Waals surface area contributed by atoms with Gasteiger partial charge in [-0.1, -0.05) is 12.8 Å². The number of carboxylic acids is 1. The second-order valence-electron chi connectivity index (χ2n) is 7.47. The number of pyridine rings is 1. The Morgan fingerprint density at radius 1 is 1.16 bits per heavy atom. The van der Waals surface area contributed by atoms with Gasteiger partial charge in [-0.2, -0.15) is 0 Å². The highest BCUT2D eigenvalue weighted by molar-refractivity contribution is 5.97. The number of rotatable bonds is 4. The van der Waals surface area contributed by atoms with Crippen molar-refractivity contribution in [2.75, 3.05) is 0 Å². The average Bonchev–Trinajstić information content (AvgIpc) is 2.97. The van der Waals surface area contributed by atoms with Crippen LogP contribution in [0.4, 0.5) is 0 Å². The minimum atomic E-state index is -0.900. The van der Waals surface area contributed by atoms with Crippen LogP contribution in [0.25, 0.3) is 0 Å². The molecule has 0 spiro atoms. The fourth-order valence-electron chi connectivity index (χ4n) is 4.39. The number of ether oxygens (including phenoxy) is 1. The number of carboxylic acid groups (broad SMARTS) is 1. The lowest BCUT2D eigenvalue weighted by atomic mass is 9.84. The van der Waals surface area contributed by atoms with Gasteiger partial charge >= 0.3 is 5.97 Å². The monoisotopic (exact) mass is 344 g/mol. The van der Waals surface area contributed by atoms with Crippen LogP contribution in [-0.2, 0) is 4.79 Å². The number of aromatic nitrogens is 1. The molecule has 2 aliphatic carbocycles. The highest BCUT2D eigenvalue weighted by Gasteiger charge is 2.47. The molecule has 2 saturated carbocycles. The average molecular weight is 344 g/mol. The summed E-state index contributed by atoms with van der Waals surface area (Å²) in [6.45, 7) is 0. The number of fused-ring (bicyclic) bond motifs is 1. The smallest absolute Gasteiger partial charge is 0.326 e. The first-order valence-corrected chi connectivity index (χ1v) is 9.31. The van der Waals surface area contributed by atoms with Gasteiger partial charge in [-0.15, -0.1) is 0 Å². The number of carbonyl (C=O) groups excluding carboxylic acids is 1. The lowest BCUT2D eigenvalue weighted by Crippen LogP contribution is -2.46. The van der Waals surface area contributed by atoms with E-state index in [2.05, 4.69) is 4.98 Å². The maximum absolute atomic E-state index is 13.1. The number of hydrogen-bond acceptors (Lipinski definition) is 4. The van der Waals surface area contributed by atoms with Crippen LogP contribution in [-0.4, -0.2) is 45.1 Å². The molecule has 6 nitrogen and oxygen atoms in total. The SMILES string of the molecule is O=C(O)C1CC2CCCCC2N1C(=O)c1ccnc(OC2CCC2)c1. The van der Waals surface area contributed by atoms with Gasteiger partial charge < -0.3 is 14.7 Å². The molecule has 0 bridgehead atoms. The minimum Gasteiger partial charge on any atom is -0.480 e. The standard InChI is InChI=1S/C19H24N2O4/c22-18(13-8-9-20-17(11-13)25-14-5-3-6-14)21-15-7-2-1-4-12(15)10-16(21)19(23)24/h8-9,11-12,14-16H,1-7,10H2,(H,23,24). The minimum absolute atomic E-state index is 0.0477. The van der Waals surface area contributed by atoms with E-state index in [0.29, 0.717) is 23.8 Å². The molecule has 3 atom stereocenters. The Labute approximate surface area is 147 Å². The summed E-state index contributed by atoms with van der Waals surface area (Å²) in [6, 6.07) is 2.65. The lowest BCUT2D eigenvalue weighted by Gasteiger charge is -2.33. The Morgan fingerprint density at radius 2 is 1.96 bits per heavy atom. The molecule has 3 aliphatic rings. The van der Waals surface area contributed by atoms with Crippen molar-refractivity contribution in [1.29, 1.82) is 0 Å². The van der Waals surface area contributed by atoms with E-state index in [-0.39, 0.29) is 18.1 Å². The van der Waals surface area contributed by atoms with Crippen LogP contribution in [0, 0.1) is 5.92 Å². The van der Waals surface area contributed by atoms with Crippen LogP contribution in [0.5, 0.6) is 5.88 Å². The van der Waals surface area contributed by atoms with Gasteiger partial charge in [-0.05, 0) is 50.5 Å². The van der Waals surface area contributed by atoms with E-state index in [1.807, 2.05) is 0 Å². The van der Waals surface area contributed by atoms with E-state index in [4.69, 9.17) is 4.74 Å². The van der Waals surface area contributed by atoms with Gasteiger partial charge in [-0.25, -0.2) is 9.78 Å². The van der Waals surface area contributed by atoms with Crippen LogP contribution >= 0.6 is 0 Å². The zero-order valence-corrected chi connectivity index (χ0v) is 14.3. The Hall–Kier alpha value is -2.11. The summed E-state index contributed by atoms with van der Waals surface area (Å²) in [5.74, 6) is -0.335. The first kappa shape index (κ1) is 16.4. The Kier molecular flexibility index (Phi) is 4.36. The van der Waals surface area contributed by atoms with Crippen molar-refractivity contribution >= 4 is 11.9 Å². The molecule has 3 unspecified atom stereocenters. The topological polar surface area (TPSA) is 79.7 Å². The summed E-state index contributed by atoms with van der Waals surface area (Å²) in [5, 5.41) is 9.61. The van der Waals surface area contributed by atoms with Crippen molar-refractivity contribution in [3.05, 3.63) is 23.9 Å². The highest BCUT2D eigenvalue weighted by Crippen LogP contribution is 2.40. The molecule has 3 fully saturated rings. The van der Waals surface area contributed by atoms with Crippen LogP contribution in [0.1, 0.15) is 61.7 Å². The Bertz CT molecular complexity index is 673. The fourth-order valence-corrected chi connectivity index (χ4v) is 4.39. The number of nitrogens with zero attached hydrogens (tertiary/aromatic N) is 2. The molecule has 2 heterocycles. The molecule has 1 saturated heterocycles. The maximum atomic E-state index is 13.1. The quantitative estimate of drug-likeness (QED) is 0.908.